The number of hydrogen-bond donors (Lipinski definition) is 1. The molecule has 2 aliphatic carbocycles. The van der Waals surface area contributed by atoms with Crippen molar-refractivity contribution in [3.8, 4) is 0 Å². The van der Waals surface area contributed by atoms with Gasteiger partial charge in [0.05, 0.1) is 6.54 Å². The fraction of sp³-hybridized carbons (Fsp3) is 0.944. The fourth-order valence-corrected chi connectivity index (χ4v) is 4.06. The van der Waals surface area contributed by atoms with E-state index in [0.29, 0.717) is 31.2 Å². The Hall–Kier alpha value is -0.610. The van der Waals surface area contributed by atoms with Crippen molar-refractivity contribution in [1.29, 1.82) is 0 Å². The van der Waals surface area contributed by atoms with Crippen LogP contribution in [0.5, 0.6) is 0 Å². The van der Waals surface area contributed by atoms with E-state index >= 15 is 0 Å². The first-order valence-corrected chi connectivity index (χ1v) is 9.08. The van der Waals surface area contributed by atoms with E-state index in [1.165, 1.54) is 12.8 Å². The number of nitrogens with zero attached hydrogens (tertiary/aromatic N) is 2. The first-order valence-electron chi connectivity index (χ1n) is 9.08. The van der Waals surface area contributed by atoms with E-state index < -0.39 is 0 Å². The molecule has 0 radical (unpaired) electrons. The quantitative estimate of drug-likeness (QED) is 0.848. The zero-order valence-electron chi connectivity index (χ0n) is 14.6. The lowest BCUT2D eigenvalue weighted by Crippen LogP contribution is -2.46. The second-order valence-corrected chi connectivity index (χ2v) is 7.69. The summed E-state index contributed by atoms with van der Waals surface area (Å²) in [6.07, 6.45) is 9.24. The van der Waals surface area contributed by atoms with Crippen LogP contribution >= 0.6 is 0 Å². The van der Waals surface area contributed by atoms with Crippen molar-refractivity contribution in [1.82, 2.24) is 9.80 Å². The molecule has 1 amide bonds. The van der Waals surface area contributed by atoms with E-state index in [1.807, 2.05) is 11.9 Å². The third-order valence-corrected chi connectivity index (χ3v) is 6.01. The summed E-state index contributed by atoms with van der Waals surface area (Å²) in [5, 5.41) is 9.22. The summed E-state index contributed by atoms with van der Waals surface area (Å²) in [6, 6.07) is 0.953. The van der Waals surface area contributed by atoms with Crippen LogP contribution in [-0.4, -0.2) is 60.1 Å². The molecule has 2 saturated carbocycles. The maximum atomic E-state index is 12.5. The number of likely N-dealkylation sites (N-methyl/N-ethyl adjacent to an activating group) is 2. The van der Waals surface area contributed by atoms with Crippen LogP contribution in [0.25, 0.3) is 0 Å². The van der Waals surface area contributed by atoms with Gasteiger partial charge in [-0.25, -0.2) is 0 Å². The molecule has 0 aliphatic heterocycles. The van der Waals surface area contributed by atoms with Crippen molar-refractivity contribution in [3.05, 3.63) is 0 Å². The molecular weight excluding hydrogens is 276 g/mol. The first kappa shape index (κ1) is 17.7. The van der Waals surface area contributed by atoms with Crippen LogP contribution in [0.3, 0.4) is 0 Å². The molecule has 0 aromatic heterocycles. The van der Waals surface area contributed by atoms with Crippen LogP contribution in [-0.2, 0) is 4.79 Å². The van der Waals surface area contributed by atoms with Crippen LogP contribution in [0.4, 0.5) is 0 Å². The summed E-state index contributed by atoms with van der Waals surface area (Å²) < 4.78 is 0. The minimum Gasteiger partial charge on any atom is -0.396 e. The van der Waals surface area contributed by atoms with E-state index in [-0.39, 0.29) is 5.91 Å². The molecule has 22 heavy (non-hydrogen) atoms. The Morgan fingerprint density at radius 3 is 2.05 bits per heavy atom. The van der Waals surface area contributed by atoms with E-state index in [2.05, 4.69) is 18.9 Å². The molecule has 2 aliphatic rings. The van der Waals surface area contributed by atoms with Crippen molar-refractivity contribution < 1.29 is 9.90 Å². The van der Waals surface area contributed by atoms with Crippen LogP contribution in [0.2, 0.25) is 0 Å². The molecule has 1 N–H and O–H groups in total. The van der Waals surface area contributed by atoms with Crippen molar-refractivity contribution in [2.75, 3.05) is 27.2 Å². The van der Waals surface area contributed by atoms with Gasteiger partial charge >= 0.3 is 0 Å². The minimum atomic E-state index is 0.270. The summed E-state index contributed by atoms with van der Waals surface area (Å²) >= 11 is 0. The largest absolute Gasteiger partial charge is 0.396 e. The molecule has 0 aromatic carbocycles. The Kier molecular flexibility index (Phi) is 6.69. The summed E-state index contributed by atoms with van der Waals surface area (Å²) in [6.45, 7) is 3.17. The molecule has 4 heteroatoms. The Balaban J connectivity index is 1.76. The standard InChI is InChI=1S/C18H34N2O2/c1-14-4-8-17(9-5-14)20(3)18(22)12-19(2)16-10-6-15(13-21)7-11-16/h14-17,21H,4-13H2,1-3H3. The summed E-state index contributed by atoms with van der Waals surface area (Å²) in [5.41, 5.74) is 0. The zero-order chi connectivity index (χ0) is 16.1. The molecule has 4 nitrogen and oxygen atoms in total. The Morgan fingerprint density at radius 2 is 1.50 bits per heavy atom. The average Bonchev–Trinajstić information content (AvgIpc) is 2.54. The average molecular weight is 310 g/mol. The molecule has 0 spiro atoms. The normalized spacial score (nSPS) is 33.0. The highest BCUT2D eigenvalue weighted by molar-refractivity contribution is 5.78. The highest BCUT2D eigenvalue weighted by atomic mass is 16.3. The predicted octanol–water partition coefficient (Wildman–Crippen LogP) is 2.51. The molecule has 0 saturated heterocycles. The number of amides is 1. The van der Waals surface area contributed by atoms with Gasteiger partial charge in [0.15, 0.2) is 0 Å². The SMILES string of the molecule is CC1CCC(N(C)C(=O)CN(C)C2CCC(CO)CC2)CC1. The smallest absolute Gasteiger partial charge is 0.236 e. The third-order valence-electron chi connectivity index (χ3n) is 6.01. The molecule has 0 bridgehead atoms. The lowest BCUT2D eigenvalue weighted by Gasteiger charge is -2.37. The van der Waals surface area contributed by atoms with Crippen molar-refractivity contribution in [3.63, 3.8) is 0 Å². The Morgan fingerprint density at radius 1 is 0.955 bits per heavy atom. The molecule has 0 atom stereocenters. The van der Waals surface area contributed by atoms with E-state index in [4.69, 9.17) is 0 Å². The van der Waals surface area contributed by atoms with Gasteiger partial charge in [-0.05, 0) is 70.3 Å². The monoisotopic (exact) mass is 310 g/mol. The highest BCUT2D eigenvalue weighted by Gasteiger charge is 2.28. The van der Waals surface area contributed by atoms with Crippen LogP contribution in [0.15, 0.2) is 0 Å². The van der Waals surface area contributed by atoms with E-state index in [1.54, 1.807) is 0 Å². The van der Waals surface area contributed by atoms with E-state index in [0.717, 1.165) is 44.4 Å². The van der Waals surface area contributed by atoms with E-state index in [9.17, 15) is 9.90 Å². The van der Waals surface area contributed by atoms with Crippen molar-refractivity contribution in [2.24, 2.45) is 11.8 Å². The van der Waals surface area contributed by atoms with Gasteiger partial charge < -0.3 is 10.0 Å². The maximum absolute atomic E-state index is 12.5. The van der Waals surface area contributed by atoms with Crippen molar-refractivity contribution >= 4 is 5.91 Å². The summed E-state index contributed by atoms with van der Waals surface area (Å²) in [7, 11) is 4.07. The number of hydrogen-bond acceptors (Lipinski definition) is 3. The fourth-order valence-electron chi connectivity index (χ4n) is 4.06. The lowest BCUT2D eigenvalue weighted by atomic mass is 9.86. The molecule has 0 unspecified atom stereocenters. The molecule has 128 valence electrons. The highest BCUT2D eigenvalue weighted by Crippen LogP contribution is 2.28. The number of aliphatic hydroxyl groups is 1. The van der Waals surface area contributed by atoms with Crippen LogP contribution in [0, 0.1) is 11.8 Å². The first-order chi connectivity index (χ1) is 10.5. The van der Waals surface area contributed by atoms with Gasteiger partial charge in [0.2, 0.25) is 5.91 Å². The maximum Gasteiger partial charge on any atom is 0.236 e. The summed E-state index contributed by atoms with van der Waals surface area (Å²) in [5.74, 6) is 1.57. The van der Waals surface area contributed by atoms with Crippen LogP contribution in [0.1, 0.15) is 58.3 Å². The predicted molar refractivity (Wildman–Crippen MR) is 89.7 cm³/mol. The Labute approximate surface area is 135 Å². The molecular formula is C18H34N2O2. The Bertz CT molecular complexity index is 345. The summed E-state index contributed by atoms with van der Waals surface area (Å²) in [4.78, 5) is 16.8. The molecule has 2 rings (SSSR count). The molecule has 2 fully saturated rings. The van der Waals surface area contributed by atoms with Gasteiger partial charge in [-0.2, -0.15) is 0 Å². The van der Waals surface area contributed by atoms with Gasteiger partial charge in [0, 0.05) is 25.7 Å². The van der Waals surface area contributed by atoms with Crippen molar-refractivity contribution in [2.45, 2.75) is 70.4 Å². The van der Waals surface area contributed by atoms with Gasteiger partial charge in [0.1, 0.15) is 0 Å². The van der Waals surface area contributed by atoms with Crippen LogP contribution < -0.4 is 0 Å². The topological polar surface area (TPSA) is 43.8 Å². The number of carbonyl (C=O) groups excluding carboxylic acids is 1. The second kappa shape index (κ2) is 8.30. The van der Waals surface area contributed by atoms with Gasteiger partial charge in [-0.15, -0.1) is 0 Å². The number of rotatable bonds is 5. The lowest BCUT2D eigenvalue weighted by molar-refractivity contribution is -0.134. The third kappa shape index (κ3) is 4.69. The van der Waals surface area contributed by atoms with Gasteiger partial charge in [-0.3, -0.25) is 9.69 Å². The van der Waals surface area contributed by atoms with Gasteiger partial charge in [0.25, 0.3) is 0 Å². The second-order valence-electron chi connectivity index (χ2n) is 7.69. The van der Waals surface area contributed by atoms with Gasteiger partial charge in [-0.1, -0.05) is 6.92 Å². The molecule has 0 heterocycles. The zero-order valence-corrected chi connectivity index (χ0v) is 14.6. The minimum absolute atomic E-state index is 0.270. The number of carbonyl (C=O) groups is 1. The molecule has 0 aromatic rings. The number of aliphatic hydroxyl groups excluding tert-OH is 1.